The first-order chi connectivity index (χ1) is 22.7. The number of methoxy groups -OCH3 is 1. The Kier molecular flexibility index (Phi) is 11.1. The van der Waals surface area contributed by atoms with Crippen LogP contribution < -0.4 is 20.1 Å². The molecule has 2 aliphatic carbocycles. The second-order valence-corrected chi connectivity index (χ2v) is 21.2. The molecule has 5 rings (SSSR count). The number of fused-ring (bicyclic) bond motifs is 1. The van der Waals surface area contributed by atoms with E-state index >= 15 is 0 Å². The molecule has 2 N–H and O–H groups in total. The maximum atomic E-state index is 14.1. The fraction of sp³-hybridized carbons (Fsp3) is 0.595. The number of hydrogen-bond donors (Lipinski definition) is 2. The van der Waals surface area contributed by atoms with Crippen molar-refractivity contribution in [2.75, 3.05) is 20.3 Å². The van der Waals surface area contributed by atoms with Crippen LogP contribution in [0.5, 0.6) is 11.5 Å². The van der Waals surface area contributed by atoms with Gasteiger partial charge in [0.25, 0.3) is 5.91 Å². The molecule has 3 aromatic rings. The second kappa shape index (κ2) is 14.9. The Morgan fingerprint density at radius 2 is 1.67 bits per heavy atom. The van der Waals surface area contributed by atoms with Crippen LogP contribution in [0.3, 0.4) is 0 Å². The molecule has 2 amide bonds. The van der Waals surface area contributed by atoms with E-state index in [0.717, 1.165) is 65.6 Å². The number of benzene rings is 1. The van der Waals surface area contributed by atoms with Crippen LogP contribution in [0, 0.1) is 12.8 Å². The van der Waals surface area contributed by atoms with Gasteiger partial charge >= 0.3 is 6.09 Å². The lowest BCUT2D eigenvalue weighted by Crippen LogP contribution is -2.45. The zero-order chi connectivity index (χ0) is 34.6. The van der Waals surface area contributed by atoms with Crippen molar-refractivity contribution < 1.29 is 28.5 Å². The number of ether oxygens (including phenoxy) is 4. The van der Waals surface area contributed by atoms with E-state index in [9.17, 15) is 9.59 Å². The number of carbonyl (C=O) groups excluding carboxylic acids is 2. The SMILES string of the molecule is COc1ccc(OCC2CC2)c(-c2ccnc3c(C(=O)NC4CCC(NC(=O)OC(C)(C)C)CC4)c(C)n(COCC[Si](C)(C)C)c23)c1. The van der Waals surface area contributed by atoms with E-state index in [2.05, 4.69) is 34.8 Å². The second-order valence-electron chi connectivity index (χ2n) is 15.6. The summed E-state index contributed by atoms with van der Waals surface area (Å²) in [5.41, 5.74) is 4.09. The smallest absolute Gasteiger partial charge is 0.407 e. The predicted molar refractivity (Wildman–Crippen MR) is 192 cm³/mol. The first-order valence-corrected chi connectivity index (χ1v) is 21.1. The minimum absolute atomic E-state index is 0.0102. The summed E-state index contributed by atoms with van der Waals surface area (Å²) in [6, 6.07) is 8.93. The highest BCUT2D eigenvalue weighted by Gasteiger charge is 2.30. The Morgan fingerprint density at radius 3 is 2.29 bits per heavy atom. The fourth-order valence-electron chi connectivity index (χ4n) is 6.15. The van der Waals surface area contributed by atoms with Crippen molar-refractivity contribution in [3.63, 3.8) is 0 Å². The standard InChI is InChI=1S/C37H54N4O6Si/c1-24-32(35(42)39-26-11-13-27(14-12-26)40-36(43)47-37(2,3)4)33-34(41(24)23-45-19-20-48(6,7)8)29(17-18-38-33)30-21-28(44-5)15-16-31(30)46-22-25-9-10-25/h15-18,21,25-27H,9-14,19-20,22-23H2,1-8H3,(H,39,42)(H,40,43). The normalized spacial score (nSPS) is 18.4. The van der Waals surface area contributed by atoms with Gasteiger partial charge in [-0.3, -0.25) is 9.78 Å². The highest BCUT2D eigenvalue weighted by molar-refractivity contribution is 6.76. The van der Waals surface area contributed by atoms with E-state index < -0.39 is 19.8 Å². The van der Waals surface area contributed by atoms with Gasteiger partial charge in [-0.1, -0.05) is 19.6 Å². The molecule has 0 radical (unpaired) electrons. The third kappa shape index (κ3) is 9.31. The number of carbonyl (C=O) groups is 2. The Hall–Kier alpha value is -3.57. The molecular formula is C37H54N4O6Si. The van der Waals surface area contributed by atoms with E-state index in [1.54, 1.807) is 13.3 Å². The van der Waals surface area contributed by atoms with E-state index in [0.29, 0.717) is 36.9 Å². The lowest BCUT2D eigenvalue weighted by molar-refractivity contribution is 0.0487. The van der Waals surface area contributed by atoms with Gasteiger partial charge in [-0.2, -0.15) is 0 Å². The summed E-state index contributed by atoms with van der Waals surface area (Å²) in [6.45, 7) is 16.2. The van der Waals surface area contributed by atoms with E-state index in [4.69, 9.17) is 23.9 Å². The third-order valence-corrected chi connectivity index (χ3v) is 10.8. The fourth-order valence-corrected chi connectivity index (χ4v) is 6.90. The predicted octanol–water partition coefficient (Wildman–Crippen LogP) is 7.69. The van der Waals surface area contributed by atoms with Gasteiger partial charge in [-0.15, -0.1) is 0 Å². The van der Waals surface area contributed by atoms with Gasteiger partial charge in [-0.25, -0.2) is 4.79 Å². The maximum absolute atomic E-state index is 14.1. The van der Waals surface area contributed by atoms with Gasteiger partial charge in [0.1, 0.15) is 29.3 Å². The van der Waals surface area contributed by atoms with Gasteiger partial charge < -0.3 is 34.1 Å². The van der Waals surface area contributed by atoms with Crippen LogP contribution in [-0.4, -0.2) is 67.6 Å². The minimum Gasteiger partial charge on any atom is -0.497 e. The van der Waals surface area contributed by atoms with Gasteiger partial charge in [0.05, 0.1) is 24.8 Å². The van der Waals surface area contributed by atoms with Crippen molar-refractivity contribution in [3.8, 4) is 22.6 Å². The summed E-state index contributed by atoms with van der Waals surface area (Å²) >= 11 is 0. The monoisotopic (exact) mass is 678 g/mol. The lowest BCUT2D eigenvalue weighted by atomic mass is 9.91. The van der Waals surface area contributed by atoms with E-state index in [1.165, 1.54) is 12.8 Å². The molecule has 2 fully saturated rings. The largest absolute Gasteiger partial charge is 0.497 e. The summed E-state index contributed by atoms with van der Waals surface area (Å²) in [6.07, 6.45) is 6.80. The Morgan fingerprint density at radius 1 is 0.979 bits per heavy atom. The molecule has 1 aromatic carbocycles. The molecular weight excluding hydrogens is 625 g/mol. The molecule has 0 aliphatic heterocycles. The number of hydrogen-bond acceptors (Lipinski definition) is 7. The van der Waals surface area contributed by atoms with Gasteiger partial charge in [-0.05, 0) is 102 Å². The number of aromatic nitrogens is 2. The number of alkyl carbamates (subject to hydrolysis) is 1. The number of pyridine rings is 1. The zero-order valence-electron chi connectivity index (χ0n) is 30.0. The first kappa shape index (κ1) is 35.7. The first-order valence-electron chi connectivity index (χ1n) is 17.4. The average Bonchev–Trinajstić information content (AvgIpc) is 3.80. The van der Waals surface area contributed by atoms with Crippen molar-refractivity contribution >= 4 is 31.1 Å². The maximum Gasteiger partial charge on any atom is 0.407 e. The van der Waals surface area contributed by atoms with E-state index in [-0.39, 0.29) is 18.0 Å². The molecule has 48 heavy (non-hydrogen) atoms. The summed E-state index contributed by atoms with van der Waals surface area (Å²) in [5.74, 6) is 1.96. The van der Waals surface area contributed by atoms with Crippen LogP contribution in [0.1, 0.15) is 75.3 Å². The third-order valence-electron chi connectivity index (χ3n) is 9.07. The summed E-state index contributed by atoms with van der Waals surface area (Å²) < 4.78 is 25.8. The Labute approximate surface area is 286 Å². The van der Waals surface area contributed by atoms with Crippen LogP contribution in [0.2, 0.25) is 25.7 Å². The molecule has 2 saturated carbocycles. The Balaban J connectivity index is 1.43. The molecule has 2 heterocycles. The van der Waals surface area contributed by atoms with Gasteiger partial charge in [0, 0.05) is 49.8 Å². The average molecular weight is 679 g/mol. The molecule has 0 spiro atoms. The summed E-state index contributed by atoms with van der Waals surface area (Å²) in [4.78, 5) is 31.2. The molecule has 262 valence electrons. The highest BCUT2D eigenvalue weighted by Crippen LogP contribution is 2.40. The highest BCUT2D eigenvalue weighted by atomic mass is 28.3. The van der Waals surface area contributed by atoms with Crippen molar-refractivity contribution in [2.24, 2.45) is 5.92 Å². The topological polar surface area (TPSA) is 113 Å². The van der Waals surface area contributed by atoms with Crippen molar-refractivity contribution in [1.82, 2.24) is 20.2 Å². The molecule has 2 aliphatic rings. The number of amides is 2. The van der Waals surface area contributed by atoms with Crippen molar-refractivity contribution in [2.45, 2.75) is 116 Å². The van der Waals surface area contributed by atoms with Crippen LogP contribution >= 0.6 is 0 Å². The molecule has 11 heteroatoms. The van der Waals surface area contributed by atoms with Crippen LogP contribution in [0.15, 0.2) is 30.5 Å². The van der Waals surface area contributed by atoms with Crippen molar-refractivity contribution in [3.05, 3.63) is 41.7 Å². The van der Waals surface area contributed by atoms with Gasteiger partial charge in [0.15, 0.2) is 0 Å². The molecule has 0 atom stereocenters. The van der Waals surface area contributed by atoms with Crippen LogP contribution in [-0.2, 0) is 16.2 Å². The summed E-state index contributed by atoms with van der Waals surface area (Å²) in [7, 11) is 0.370. The minimum atomic E-state index is -1.29. The number of nitrogens with zero attached hydrogens (tertiary/aromatic N) is 2. The summed E-state index contributed by atoms with van der Waals surface area (Å²) in [5, 5.41) is 6.28. The molecule has 0 bridgehead atoms. The van der Waals surface area contributed by atoms with Gasteiger partial charge in [0.2, 0.25) is 0 Å². The Bertz CT molecular complexity index is 1600. The molecule has 10 nitrogen and oxygen atoms in total. The van der Waals surface area contributed by atoms with Crippen LogP contribution in [0.25, 0.3) is 22.2 Å². The number of nitrogens with one attached hydrogen (secondary N) is 2. The van der Waals surface area contributed by atoms with Crippen LogP contribution in [0.4, 0.5) is 4.79 Å². The quantitative estimate of drug-likeness (QED) is 0.141. The zero-order valence-corrected chi connectivity index (χ0v) is 31.0. The lowest BCUT2D eigenvalue weighted by Gasteiger charge is -2.30. The molecule has 0 saturated heterocycles. The molecule has 2 aromatic heterocycles. The molecule has 0 unspecified atom stereocenters. The van der Waals surface area contributed by atoms with Crippen molar-refractivity contribution in [1.29, 1.82) is 0 Å². The van der Waals surface area contributed by atoms with E-state index in [1.807, 2.05) is 52.0 Å². The number of rotatable bonds is 13.